The number of hydrogen-bond acceptors (Lipinski definition) is 3. The first-order valence-corrected chi connectivity index (χ1v) is 11.2. The molecule has 0 unspecified atom stereocenters. The summed E-state index contributed by atoms with van der Waals surface area (Å²) >= 11 is 1.56. The largest absolute Gasteiger partial charge is 0.465 e. The number of rotatable bonds is 6. The van der Waals surface area contributed by atoms with E-state index in [4.69, 9.17) is 4.74 Å². The van der Waals surface area contributed by atoms with Crippen LogP contribution in [0, 0.1) is 6.92 Å². The zero-order valence-corrected chi connectivity index (χ0v) is 18.9. The zero-order valence-electron chi connectivity index (χ0n) is 18.1. The smallest absolute Gasteiger partial charge is 0.339 e. The normalized spacial score (nSPS) is 12.1. The molecule has 0 atom stereocenters. The Balaban J connectivity index is 1.89. The summed E-state index contributed by atoms with van der Waals surface area (Å²) in [5, 5.41) is 2.30. The first-order chi connectivity index (χ1) is 15.6. The van der Waals surface area contributed by atoms with E-state index in [1.807, 2.05) is 54.6 Å². The molecule has 4 aromatic carbocycles. The predicted octanol–water partition coefficient (Wildman–Crippen LogP) is 7.54. The van der Waals surface area contributed by atoms with Crippen LogP contribution in [0.4, 0.5) is 0 Å². The fraction of sp³-hybridized carbons (Fsp3) is 0.0690. The highest BCUT2D eigenvalue weighted by Crippen LogP contribution is 2.36. The van der Waals surface area contributed by atoms with E-state index in [-0.39, 0.29) is 5.97 Å². The highest BCUT2D eigenvalue weighted by atomic mass is 32.2. The molecule has 0 radical (unpaired) electrons. The Morgan fingerprint density at radius 2 is 1.47 bits per heavy atom. The molecule has 0 fully saturated rings. The molecule has 158 valence electrons. The van der Waals surface area contributed by atoms with Crippen molar-refractivity contribution in [2.45, 2.75) is 11.8 Å². The lowest BCUT2D eigenvalue weighted by atomic mass is 10.0. The van der Waals surface area contributed by atoms with Gasteiger partial charge in [0.1, 0.15) is 0 Å². The molecule has 0 aromatic heterocycles. The molecule has 0 spiro atoms. The van der Waals surface area contributed by atoms with Gasteiger partial charge in [-0.1, -0.05) is 102 Å². The van der Waals surface area contributed by atoms with Crippen LogP contribution < -0.4 is 0 Å². The van der Waals surface area contributed by atoms with Gasteiger partial charge in [0, 0.05) is 9.80 Å². The number of fused-ring (bicyclic) bond motifs is 1. The van der Waals surface area contributed by atoms with Crippen LogP contribution in [0.25, 0.3) is 22.9 Å². The van der Waals surface area contributed by atoms with Crippen molar-refractivity contribution in [2.24, 2.45) is 0 Å². The molecule has 4 rings (SSSR count). The van der Waals surface area contributed by atoms with Crippen molar-refractivity contribution in [3.8, 4) is 0 Å². The van der Waals surface area contributed by atoms with E-state index in [0.29, 0.717) is 5.57 Å². The van der Waals surface area contributed by atoms with Crippen molar-refractivity contribution in [2.75, 3.05) is 7.11 Å². The third-order valence-electron chi connectivity index (χ3n) is 5.14. The predicted molar refractivity (Wildman–Crippen MR) is 135 cm³/mol. The summed E-state index contributed by atoms with van der Waals surface area (Å²) in [6, 6.07) is 32.7. The minimum absolute atomic E-state index is 0.361. The average Bonchev–Trinajstić information content (AvgIpc) is 2.84. The van der Waals surface area contributed by atoms with E-state index < -0.39 is 0 Å². The van der Waals surface area contributed by atoms with Crippen LogP contribution in [0.2, 0.25) is 0 Å². The summed E-state index contributed by atoms with van der Waals surface area (Å²) in [4.78, 5) is 14.8. The Bertz CT molecular complexity index is 1280. The maximum Gasteiger partial charge on any atom is 0.339 e. The third kappa shape index (κ3) is 5.19. The maximum absolute atomic E-state index is 12.9. The van der Waals surface area contributed by atoms with Crippen LogP contribution in [0.1, 0.15) is 16.7 Å². The molecule has 0 bridgehead atoms. The highest BCUT2D eigenvalue weighted by Gasteiger charge is 2.18. The second-order valence-electron chi connectivity index (χ2n) is 7.45. The number of benzene rings is 4. The van der Waals surface area contributed by atoms with Gasteiger partial charge in [-0.05, 0) is 53.1 Å². The third-order valence-corrected chi connectivity index (χ3v) is 6.21. The molecule has 0 heterocycles. The molecule has 0 aliphatic heterocycles. The van der Waals surface area contributed by atoms with Crippen molar-refractivity contribution in [3.05, 3.63) is 124 Å². The lowest BCUT2D eigenvalue weighted by Gasteiger charge is -2.12. The Kier molecular flexibility index (Phi) is 6.88. The molecular formula is C29H24O2S. The van der Waals surface area contributed by atoms with Crippen molar-refractivity contribution in [1.29, 1.82) is 0 Å². The Hall–Kier alpha value is -3.56. The minimum atomic E-state index is -0.361. The van der Waals surface area contributed by atoms with Crippen LogP contribution in [-0.4, -0.2) is 13.1 Å². The monoisotopic (exact) mass is 436 g/mol. The molecular weight excluding hydrogens is 412 g/mol. The Morgan fingerprint density at radius 3 is 2.22 bits per heavy atom. The SMILES string of the molecule is COC(=O)C(=C/c1ccccc1)/C(=C\c1cccc2ccccc12)Sc1ccc(C)cc1. The molecule has 0 saturated carbocycles. The molecule has 3 heteroatoms. The van der Waals surface area contributed by atoms with Crippen molar-refractivity contribution >= 4 is 40.7 Å². The molecule has 0 amide bonds. The number of aryl methyl sites for hydroxylation is 1. The van der Waals surface area contributed by atoms with Gasteiger partial charge in [0.25, 0.3) is 0 Å². The number of carbonyl (C=O) groups is 1. The topological polar surface area (TPSA) is 26.3 Å². The molecule has 0 aliphatic rings. The summed E-state index contributed by atoms with van der Waals surface area (Å²) in [5.41, 5.74) is 3.72. The Labute approximate surface area is 193 Å². The van der Waals surface area contributed by atoms with Crippen LogP contribution in [-0.2, 0) is 9.53 Å². The summed E-state index contributed by atoms with van der Waals surface area (Å²) in [6.07, 6.45) is 3.97. The second kappa shape index (κ2) is 10.2. The van der Waals surface area contributed by atoms with Gasteiger partial charge >= 0.3 is 5.97 Å². The fourth-order valence-electron chi connectivity index (χ4n) is 3.47. The molecule has 2 nitrogen and oxygen atoms in total. The highest BCUT2D eigenvalue weighted by molar-refractivity contribution is 8.03. The van der Waals surface area contributed by atoms with E-state index in [9.17, 15) is 4.79 Å². The number of carbonyl (C=O) groups excluding carboxylic acids is 1. The quantitative estimate of drug-likeness (QED) is 0.135. The number of hydrogen-bond donors (Lipinski definition) is 0. The van der Waals surface area contributed by atoms with E-state index in [1.165, 1.54) is 12.7 Å². The summed E-state index contributed by atoms with van der Waals surface area (Å²) in [5.74, 6) is -0.361. The first-order valence-electron chi connectivity index (χ1n) is 10.4. The Morgan fingerprint density at radius 1 is 0.781 bits per heavy atom. The van der Waals surface area contributed by atoms with Crippen molar-refractivity contribution < 1.29 is 9.53 Å². The van der Waals surface area contributed by atoms with E-state index in [0.717, 1.165) is 31.7 Å². The average molecular weight is 437 g/mol. The summed E-state index contributed by atoms with van der Waals surface area (Å²) in [6.45, 7) is 2.07. The first kappa shape index (κ1) is 21.7. The van der Waals surface area contributed by atoms with E-state index in [2.05, 4.69) is 61.5 Å². The number of methoxy groups -OCH3 is 1. The van der Waals surface area contributed by atoms with E-state index in [1.54, 1.807) is 11.8 Å². The van der Waals surface area contributed by atoms with Gasteiger partial charge in [0.05, 0.1) is 12.7 Å². The molecule has 4 aromatic rings. The molecule has 0 N–H and O–H groups in total. The number of ether oxygens (including phenoxy) is 1. The van der Waals surface area contributed by atoms with Gasteiger partial charge < -0.3 is 4.74 Å². The number of thioether (sulfide) groups is 1. The van der Waals surface area contributed by atoms with Gasteiger partial charge in [-0.15, -0.1) is 0 Å². The molecule has 32 heavy (non-hydrogen) atoms. The van der Waals surface area contributed by atoms with Gasteiger partial charge in [-0.25, -0.2) is 4.79 Å². The summed E-state index contributed by atoms with van der Waals surface area (Å²) in [7, 11) is 1.42. The lowest BCUT2D eigenvalue weighted by molar-refractivity contribution is -0.135. The van der Waals surface area contributed by atoms with Crippen LogP contribution in [0.15, 0.2) is 112 Å². The van der Waals surface area contributed by atoms with Crippen LogP contribution >= 0.6 is 11.8 Å². The van der Waals surface area contributed by atoms with Crippen molar-refractivity contribution in [1.82, 2.24) is 0 Å². The van der Waals surface area contributed by atoms with Gasteiger partial charge in [-0.3, -0.25) is 0 Å². The summed E-state index contributed by atoms with van der Waals surface area (Å²) < 4.78 is 5.19. The molecule has 0 saturated heterocycles. The number of esters is 1. The minimum Gasteiger partial charge on any atom is -0.465 e. The second-order valence-corrected chi connectivity index (χ2v) is 8.57. The van der Waals surface area contributed by atoms with Crippen LogP contribution in [0.3, 0.4) is 0 Å². The zero-order chi connectivity index (χ0) is 22.3. The molecule has 0 aliphatic carbocycles. The maximum atomic E-state index is 12.9. The van der Waals surface area contributed by atoms with Crippen molar-refractivity contribution in [3.63, 3.8) is 0 Å². The van der Waals surface area contributed by atoms with Gasteiger partial charge in [-0.2, -0.15) is 0 Å². The fourth-order valence-corrected chi connectivity index (χ4v) is 4.43. The van der Waals surface area contributed by atoms with Gasteiger partial charge in [0.15, 0.2) is 0 Å². The van der Waals surface area contributed by atoms with E-state index >= 15 is 0 Å². The standard InChI is InChI=1S/C29H24O2S/c1-21-15-17-25(18-16-21)32-28(20-24-13-8-12-23-11-6-7-14-26(23)24)27(29(30)31-2)19-22-9-4-3-5-10-22/h3-20H,1-2H3/b27-19+,28-20+. The van der Waals surface area contributed by atoms with Crippen LogP contribution in [0.5, 0.6) is 0 Å². The van der Waals surface area contributed by atoms with Gasteiger partial charge in [0.2, 0.25) is 0 Å². The lowest BCUT2D eigenvalue weighted by Crippen LogP contribution is -2.06.